The quantitative estimate of drug-likeness (QED) is 0.526. The minimum atomic E-state index is -0.565. The molecule has 0 radical (unpaired) electrons. The van der Waals surface area contributed by atoms with Crippen LogP contribution in [-0.4, -0.2) is 55.8 Å². The lowest BCUT2D eigenvalue weighted by molar-refractivity contribution is 0.246. The molecule has 0 atom stereocenters. The molecule has 10 heteroatoms. The van der Waals surface area contributed by atoms with Crippen LogP contribution in [0.1, 0.15) is 5.56 Å². The molecule has 2 N–H and O–H groups in total. The topological polar surface area (TPSA) is 89.0 Å². The summed E-state index contributed by atoms with van der Waals surface area (Å²) in [5.74, 6) is 0.0596. The van der Waals surface area contributed by atoms with E-state index in [2.05, 4.69) is 19.9 Å². The maximum absolute atomic E-state index is 14.1. The molecule has 0 bridgehead atoms. The van der Waals surface area contributed by atoms with Crippen molar-refractivity contribution in [2.75, 3.05) is 36.8 Å². The number of aromatic nitrogens is 5. The third-order valence-electron chi connectivity index (χ3n) is 5.61. The zero-order valence-electron chi connectivity index (χ0n) is 17.5. The van der Waals surface area contributed by atoms with Gasteiger partial charge in [-0.2, -0.15) is 5.10 Å². The number of rotatable bonds is 4. The molecule has 1 aliphatic rings. The SMILES string of the molecule is Cn1cc(-c2nc3cnc(N)cc3nc2N2CCN(Cc3ccc(F)cc3F)CC2)cn1. The van der Waals surface area contributed by atoms with E-state index in [1.54, 1.807) is 23.1 Å². The Balaban J connectivity index is 1.41. The van der Waals surface area contributed by atoms with Crippen molar-refractivity contribution in [3.63, 3.8) is 0 Å². The van der Waals surface area contributed by atoms with Gasteiger partial charge in [0, 0.05) is 69.2 Å². The molecule has 0 aliphatic carbocycles. The molecule has 1 fully saturated rings. The van der Waals surface area contributed by atoms with Crippen molar-refractivity contribution < 1.29 is 8.78 Å². The molecule has 32 heavy (non-hydrogen) atoms. The molecule has 0 saturated carbocycles. The molecule has 1 aliphatic heterocycles. The number of halogens is 2. The van der Waals surface area contributed by atoms with E-state index in [1.165, 1.54) is 12.1 Å². The number of aryl methyl sites for hydroxylation is 1. The lowest BCUT2D eigenvalue weighted by Gasteiger charge is -2.36. The van der Waals surface area contributed by atoms with Crippen molar-refractivity contribution in [2.45, 2.75) is 6.54 Å². The van der Waals surface area contributed by atoms with Gasteiger partial charge >= 0.3 is 0 Å². The highest BCUT2D eigenvalue weighted by atomic mass is 19.1. The normalized spacial score (nSPS) is 14.9. The molecule has 0 amide bonds. The van der Waals surface area contributed by atoms with Crippen molar-refractivity contribution in [1.29, 1.82) is 0 Å². The maximum atomic E-state index is 14.1. The molecule has 0 unspecified atom stereocenters. The van der Waals surface area contributed by atoms with E-state index in [0.29, 0.717) is 55.1 Å². The van der Waals surface area contributed by atoms with E-state index in [1.807, 2.05) is 13.2 Å². The van der Waals surface area contributed by atoms with Crippen LogP contribution in [-0.2, 0) is 13.6 Å². The Morgan fingerprint density at radius 2 is 1.81 bits per heavy atom. The van der Waals surface area contributed by atoms with Gasteiger partial charge in [-0.05, 0) is 6.07 Å². The number of nitrogens with zero attached hydrogens (tertiary/aromatic N) is 7. The number of hydrogen-bond acceptors (Lipinski definition) is 7. The third kappa shape index (κ3) is 3.96. The summed E-state index contributed by atoms with van der Waals surface area (Å²) < 4.78 is 29.0. The van der Waals surface area contributed by atoms with Crippen LogP contribution < -0.4 is 10.6 Å². The van der Waals surface area contributed by atoms with Crippen LogP contribution in [0.3, 0.4) is 0 Å². The summed E-state index contributed by atoms with van der Waals surface area (Å²) in [7, 11) is 1.85. The number of benzene rings is 1. The monoisotopic (exact) mass is 436 g/mol. The Bertz CT molecular complexity index is 1280. The fourth-order valence-corrected chi connectivity index (χ4v) is 3.93. The lowest BCUT2D eigenvalue weighted by atomic mass is 10.1. The first-order chi connectivity index (χ1) is 15.5. The van der Waals surface area contributed by atoms with Gasteiger partial charge in [0.25, 0.3) is 0 Å². The zero-order valence-corrected chi connectivity index (χ0v) is 17.5. The van der Waals surface area contributed by atoms with Crippen LogP contribution >= 0.6 is 0 Å². The standard InChI is InChI=1S/C22H22F2N8/c1-30-12-15(10-27-30)21-22(29-18-9-20(25)26-11-19(18)28-21)32-6-4-31(5-7-32)13-14-2-3-16(23)8-17(14)24/h2-3,8-12H,4-7,13H2,1H3,(H2,25,26). The van der Waals surface area contributed by atoms with Crippen molar-refractivity contribution in [1.82, 2.24) is 29.6 Å². The van der Waals surface area contributed by atoms with Gasteiger partial charge in [0.15, 0.2) is 5.82 Å². The minimum Gasteiger partial charge on any atom is -0.384 e. The fourth-order valence-electron chi connectivity index (χ4n) is 3.93. The lowest BCUT2D eigenvalue weighted by Crippen LogP contribution is -2.46. The summed E-state index contributed by atoms with van der Waals surface area (Å²) in [6.45, 7) is 3.23. The second-order valence-corrected chi connectivity index (χ2v) is 7.90. The number of fused-ring (bicyclic) bond motifs is 1. The van der Waals surface area contributed by atoms with Crippen LogP contribution in [0.25, 0.3) is 22.3 Å². The van der Waals surface area contributed by atoms with Crippen LogP contribution in [0, 0.1) is 11.6 Å². The molecule has 164 valence electrons. The fraction of sp³-hybridized carbons (Fsp3) is 0.273. The smallest absolute Gasteiger partial charge is 0.156 e. The Morgan fingerprint density at radius 3 is 2.53 bits per heavy atom. The largest absolute Gasteiger partial charge is 0.384 e. The third-order valence-corrected chi connectivity index (χ3v) is 5.61. The molecule has 3 aromatic heterocycles. The molecule has 5 rings (SSSR count). The number of nitrogen functional groups attached to an aromatic ring is 1. The first kappa shape index (κ1) is 20.3. The summed E-state index contributed by atoms with van der Waals surface area (Å²) >= 11 is 0. The van der Waals surface area contributed by atoms with Gasteiger partial charge in [-0.1, -0.05) is 6.07 Å². The van der Waals surface area contributed by atoms with E-state index in [9.17, 15) is 8.78 Å². The number of anilines is 2. The number of pyridine rings is 1. The van der Waals surface area contributed by atoms with E-state index < -0.39 is 11.6 Å². The summed E-state index contributed by atoms with van der Waals surface area (Å²) in [6.07, 6.45) is 5.28. The highest BCUT2D eigenvalue weighted by Crippen LogP contribution is 2.30. The van der Waals surface area contributed by atoms with Crippen LogP contribution in [0.2, 0.25) is 0 Å². The van der Waals surface area contributed by atoms with Gasteiger partial charge in [-0.15, -0.1) is 0 Å². The van der Waals surface area contributed by atoms with Crippen LogP contribution in [0.4, 0.5) is 20.4 Å². The van der Waals surface area contributed by atoms with E-state index >= 15 is 0 Å². The molecular formula is C22H22F2N8. The van der Waals surface area contributed by atoms with Crippen LogP contribution in [0.15, 0.2) is 42.9 Å². The summed E-state index contributed by atoms with van der Waals surface area (Å²) in [6, 6.07) is 5.44. The Labute approximate surface area is 183 Å². The molecule has 1 aromatic carbocycles. The summed E-state index contributed by atoms with van der Waals surface area (Å²) in [5.41, 5.74) is 9.27. The molecule has 8 nitrogen and oxygen atoms in total. The van der Waals surface area contributed by atoms with Gasteiger partial charge in [0.1, 0.15) is 28.7 Å². The van der Waals surface area contributed by atoms with E-state index in [4.69, 9.17) is 15.7 Å². The second kappa shape index (κ2) is 8.12. The Hall–Kier alpha value is -3.66. The Morgan fingerprint density at radius 1 is 1.00 bits per heavy atom. The number of hydrogen-bond donors (Lipinski definition) is 1. The second-order valence-electron chi connectivity index (χ2n) is 7.90. The summed E-state index contributed by atoms with van der Waals surface area (Å²) in [5, 5.41) is 4.27. The maximum Gasteiger partial charge on any atom is 0.156 e. The van der Waals surface area contributed by atoms with Gasteiger partial charge in [0.2, 0.25) is 0 Å². The van der Waals surface area contributed by atoms with Crippen molar-refractivity contribution in [2.24, 2.45) is 7.05 Å². The zero-order chi connectivity index (χ0) is 22.2. The predicted molar refractivity (Wildman–Crippen MR) is 118 cm³/mol. The minimum absolute atomic E-state index is 0.387. The summed E-state index contributed by atoms with van der Waals surface area (Å²) in [4.78, 5) is 18.1. The van der Waals surface area contributed by atoms with Crippen LogP contribution in [0.5, 0.6) is 0 Å². The molecule has 1 saturated heterocycles. The van der Waals surface area contributed by atoms with Gasteiger partial charge in [-0.25, -0.2) is 23.7 Å². The van der Waals surface area contributed by atoms with E-state index in [-0.39, 0.29) is 0 Å². The first-order valence-electron chi connectivity index (χ1n) is 10.3. The van der Waals surface area contributed by atoms with Crippen molar-refractivity contribution >= 4 is 22.7 Å². The molecular weight excluding hydrogens is 414 g/mol. The molecule has 4 heterocycles. The first-order valence-corrected chi connectivity index (χ1v) is 10.3. The average molecular weight is 436 g/mol. The van der Waals surface area contributed by atoms with E-state index in [0.717, 1.165) is 23.1 Å². The van der Waals surface area contributed by atoms with Gasteiger partial charge in [-0.3, -0.25) is 9.58 Å². The number of piperazine rings is 1. The average Bonchev–Trinajstić information content (AvgIpc) is 3.21. The molecule has 4 aromatic rings. The van der Waals surface area contributed by atoms with Crippen molar-refractivity contribution in [3.8, 4) is 11.3 Å². The van der Waals surface area contributed by atoms with Crippen molar-refractivity contribution in [3.05, 3.63) is 60.1 Å². The van der Waals surface area contributed by atoms with Gasteiger partial charge in [0.05, 0.1) is 17.9 Å². The van der Waals surface area contributed by atoms with Gasteiger partial charge < -0.3 is 10.6 Å². The Kier molecular flexibility index (Phi) is 5.14. The highest BCUT2D eigenvalue weighted by Gasteiger charge is 2.24. The number of nitrogens with two attached hydrogens (primary N) is 1. The molecule has 0 spiro atoms. The predicted octanol–water partition coefficient (Wildman–Crippen LogP) is 2.61. The highest BCUT2D eigenvalue weighted by molar-refractivity contribution is 5.84.